The standard InChI is InChI=1S/C22H29FN6.HI/c1-16(29-13-9-17-6-3-4-8-20(17)29)14-26-22(24-2)27-18-10-12-28(15-18)21-19(23)7-5-11-25-21;/h3-8,11,16,18H,9-10,12-15H2,1-2H3,(H2,24,26,27);1H. The third-order valence-corrected chi connectivity index (χ3v) is 5.81. The van der Waals surface area contributed by atoms with Crippen LogP contribution in [-0.4, -0.2) is 56.3 Å². The van der Waals surface area contributed by atoms with Crippen LogP contribution in [0.15, 0.2) is 47.6 Å². The molecule has 0 saturated carbocycles. The van der Waals surface area contributed by atoms with Gasteiger partial charge in [-0.3, -0.25) is 4.99 Å². The lowest BCUT2D eigenvalue weighted by atomic mass is 10.2. The number of hydrogen-bond donors (Lipinski definition) is 2. The van der Waals surface area contributed by atoms with Gasteiger partial charge < -0.3 is 20.4 Å². The Labute approximate surface area is 195 Å². The number of hydrogen-bond acceptors (Lipinski definition) is 4. The SMILES string of the molecule is CN=C(NCC(C)N1CCc2ccccc21)NC1CCN(c2ncccc2F)C1.I. The number of fused-ring (bicyclic) bond motifs is 1. The Morgan fingerprint density at radius 3 is 2.90 bits per heavy atom. The second kappa shape index (κ2) is 10.3. The van der Waals surface area contributed by atoms with Gasteiger partial charge in [0.15, 0.2) is 17.6 Å². The molecule has 2 aliphatic rings. The van der Waals surface area contributed by atoms with Crippen LogP contribution in [0.25, 0.3) is 0 Å². The summed E-state index contributed by atoms with van der Waals surface area (Å²) in [7, 11) is 1.79. The molecule has 0 spiro atoms. The van der Waals surface area contributed by atoms with Crippen molar-refractivity contribution in [2.75, 3.05) is 43.0 Å². The fraction of sp³-hybridized carbons (Fsp3) is 0.455. The van der Waals surface area contributed by atoms with Gasteiger partial charge >= 0.3 is 0 Å². The maximum atomic E-state index is 14.0. The van der Waals surface area contributed by atoms with Crippen LogP contribution >= 0.6 is 24.0 Å². The predicted molar refractivity (Wildman–Crippen MR) is 132 cm³/mol. The fourth-order valence-electron chi connectivity index (χ4n) is 4.24. The van der Waals surface area contributed by atoms with Crippen molar-refractivity contribution in [3.05, 3.63) is 54.0 Å². The summed E-state index contributed by atoms with van der Waals surface area (Å²) in [4.78, 5) is 13.0. The number of nitrogens with zero attached hydrogens (tertiary/aromatic N) is 4. The lowest BCUT2D eigenvalue weighted by Crippen LogP contribution is -2.49. The van der Waals surface area contributed by atoms with Crippen molar-refractivity contribution in [3.63, 3.8) is 0 Å². The second-order valence-corrected chi connectivity index (χ2v) is 7.76. The number of guanidine groups is 1. The molecule has 4 rings (SSSR count). The molecule has 0 bridgehead atoms. The number of benzene rings is 1. The van der Waals surface area contributed by atoms with Crippen molar-refractivity contribution >= 4 is 41.4 Å². The van der Waals surface area contributed by atoms with Crippen molar-refractivity contribution < 1.29 is 4.39 Å². The maximum Gasteiger partial charge on any atom is 0.191 e. The summed E-state index contributed by atoms with van der Waals surface area (Å²) >= 11 is 0. The molecule has 0 aliphatic carbocycles. The van der Waals surface area contributed by atoms with Gasteiger partial charge in [-0.1, -0.05) is 18.2 Å². The Hall–Kier alpha value is -2.10. The molecule has 2 atom stereocenters. The molecule has 1 aromatic heterocycles. The fourth-order valence-corrected chi connectivity index (χ4v) is 4.24. The van der Waals surface area contributed by atoms with Gasteiger partial charge in [-0.2, -0.15) is 0 Å². The highest BCUT2D eigenvalue weighted by molar-refractivity contribution is 14.0. The largest absolute Gasteiger partial charge is 0.366 e. The van der Waals surface area contributed by atoms with Gasteiger partial charge in [0.25, 0.3) is 0 Å². The van der Waals surface area contributed by atoms with E-state index in [1.54, 1.807) is 19.3 Å². The van der Waals surface area contributed by atoms with E-state index in [0.29, 0.717) is 18.4 Å². The van der Waals surface area contributed by atoms with Crippen LogP contribution in [0.1, 0.15) is 18.9 Å². The van der Waals surface area contributed by atoms with Crippen LogP contribution in [0.2, 0.25) is 0 Å². The average molecular weight is 524 g/mol. The minimum atomic E-state index is -0.268. The Bertz CT molecular complexity index is 876. The summed E-state index contributed by atoms with van der Waals surface area (Å²) in [6, 6.07) is 12.3. The highest BCUT2D eigenvalue weighted by atomic mass is 127. The number of pyridine rings is 1. The lowest BCUT2D eigenvalue weighted by molar-refractivity contribution is 0.602. The van der Waals surface area contributed by atoms with Crippen molar-refractivity contribution in [1.82, 2.24) is 15.6 Å². The highest BCUT2D eigenvalue weighted by Gasteiger charge is 2.27. The molecule has 8 heteroatoms. The molecule has 162 valence electrons. The number of aliphatic imine (C=N–C) groups is 1. The molecular formula is C22H30FIN6. The summed E-state index contributed by atoms with van der Waals surface area (Å²) in [5, 5.41) is 6.94. The van der Waals surface area contributed by atoms with Crippen molar-refractivity contribution in [1.29, 1.82) is 0 Å². The van der Waals surface area contributed by atoms with E-state index in [9.17, 15) is 4.39 Å². The van der Waals surface area contributed by atoms with Crippen LogP contribution in [0.5, 0.6) is 0 Å². The highest BCUT2D eigenvalue weighted by Crippen LogP contribution is 2.28. The van der Waals surface area contributed by atoms with Crippen LogP contribution in [0.4, 0.5) is 15.9 Å². The molecular weight excluding hydrogens is 494 g/mol. The van der Waals surface area contributed by atoms with Gasteiger partial charge in [0.2, 0.25) is 0 Å². The summed E-state index contributed by atoms with van der Waals surface area (Å²) < 4.78 is 14.0. The molecule has 6 nitrogen and oxygen atoms in total. The summed E-state index contributed by atoms with van der Waals surface area (Å²) in [6.07, 6.45) is 3.67. The van der Waals surface area contributed by atoms with Gasteiger partial charge in [-0.15, -0.1) is 24.0 Å². The van der Waals surface area contributed by atoms with Crippen LogP contribution in [0.3, 0.4) is 0 Å². The second-order valence-electron chi connectivity index (χ2n) is 7.76. The lowest BCUT2D eigenvalue weighted by Gasteiger charge is -2.28. The minimum absolute atomic E-state index is 0. The molecule has 2 aromatic rings. The number of rotatable bonds is 5. The van der Waals surface area contributed by atoms with Crippen molar-refractivity contribution in [2.45, 2.75) is 31.8 Å². The number of halogens is 2. The first-order valence-corrected chi connectivity index (χ1v) is 10.3. The van der Waals surface area contributed by atoms with E-state index < -0.39 is 0 Å². The smallest absolute Gasteiger partial charge is 0.191 e. The molecule has 2 unspecified atom stereocenters. The Morgan fingerprint density at radius 2 is 2.10 bits per heavy atom. The van der Waals surface area contributed by atoms with E-state index >= 15 is 0 Å². The van der Waals surface area contributed by atoms with Crippen molar-refractivity contribution in [2.24, 2.45) is 4.99 Å². The first kappa shape index (κ1) is 22.6. The van der Waals surface area contributed by atoms with Gasteiger partial charge in [0.1, 0.15) is 0 Å². The first-order chi connectivity index (χ1) is 14.2. The number of para-hydroxylation sites is 1. The summed E-state index contributed by atoms with van der Waals surface area (Å²) in [5.41, 5.74) is 2.77. The molecule has 1 aromatic carbocycles. The van der Waals surface area contributed by atoms with Gasteiger partial charge in [0, 0.05) is 57.2 Å². The third kappa shape index (κ3) is 4.96. The zero-order valence-corrected chi connectivity index (χ0v) is 19.8. The molecule has 30 heavy (non-hydrogen) atoms. The summed E-state index contributed by atoms with van der Waals surface area (Å²) in [6.45, 7) is 5.59. The van der Waals surface area contributed by atoms with Crippen LogP contribution < -0.4 is 20.4 Å². The van der Waals surface area contributed by atoms with Crippen molar-refractivity contribution in [3.8, 4) is 0 Å². The molecule has 2 N–H and O–H groups in total. The van der Waals surface area contributed by atoms with Crippen LogP contribution in [-0.2, 0) is 6.42 Å². The Morgan fingerprint density at radius 1 is 1.27 bits per heavy atom. The number of aromatic nitrogens is 1. The summed E-state index contributed by atoms with van der Waals surface area (Å²) in [5.74, 6) is 0.953. The van der Waals surface area contributed by atoms with E-state index in [4.69, 9.17) is 0 Å². The van der Waals surface area contributed by atoms with E-state index in [0.717, 1.165) is 38.4 Å². The normalized spacial score (nSPS) is 19.3. The van der Waals surface area contributed by atoms with E-state index in [1.165, 1.54) is 17.3 Å². The quantitative estimate of drug-likeness (QED) is 0.358. The van der Waals surface area contributed by atoms with Gasteiger partial charge in [0.05, 0.1) is 0 Å². The monoisotopic (exact) mass is 524 g/mol. The Balaban J connectivity index is 0.00000256. The zero-order chi connectivity index (χ0) is 20.2. The van der Waals surface area contributed by atoms with E-state index in [1.807, 2.05) is 4.90 Å². The third-order valence-electron chi connectivity index (χ3n) is 5.81. The predicted octanol–water partition coefficient (Wildman–Crippen LogP) is 3.03. The topological polar surface area (TPSA) is 55.8 Å². The molecule has 3 heterocycles. The minimum Gasteiger partial charge on any atom is -0.366 e. The molecule has 0 radical (unpaired) electrons. The first-order valence-electron chi connectivity index (χ1n) is 10.3. The molecule has 0 amide bonds. The number of nitrogens with one attached hydrogen (secondary N) is 2. The molecule has 1 saturated heterocycles. The zero-order valence-electron chi connectivity index (χ0n) is 17.5. The number of anilines is 2. The van der Waals surface area contributed by atoms with Crippen LogP contribution in [0, 0.1) is 5.82 Å². The Kier molecular flexibility index (Phi) is 7.74. The van der Waals surface area contributed by atoms with Gasteiger partial charge in [-0.05, 0) is 43.5 Å². The van der Waals surface area contributed by atoms with E-state index in [2.05, 4.69) is 56.7 Å². The molecule has 2 aliphatic heterocycles. The van der Waals surface area contributed by atoms with Gasteiger partial charge in [-0.25, -0.2) is 9.37 Å². The maximum absolute atomic E-state index is 14.0. The molecule has 1 fully saturated rings. The average Bonchev–Trinajstić information content (AvgIpc) is 3.38. The van der Waals surface area contributed by atoms with E-state index in [-0.39, 0.29) is 35.8 Å².